The first-order valence-corrected chi connectivity index (χ1v) is 6.44. The van der Waals surface area contributed by atoms with Gasteiger partial charge in [-0.05, 0) is 43.7 Å². The van der Waals surface area contributed by atoms with Gasteiger partial charge in [0.25, 0.3) is 0 Å². The minimum absolute atomic E-state index is 0.624. The summed E-state index contributed by atoms with van der Waals surface area (Å²) in [6, 6.07) is 4.74. The molecule has 1 aromatic rings. The molecule has 0 spiro atoms. The number of rotatable bonds is 2. The number of hydrogen-bond acceptors (Lipinski definition) is 2. The second kappa shape index (κ2) is 5.33. The van der Waals surface area contributed by atoms with Gasteiger partial charge in [0.2, 0.25) is 0 Å². The van der Waals surface area contributed by atoms with Crippen LogP contribution in [-0.4, -0.2) is 11.0 Å². The van der Waals surface area contributed by atoms with Crippen molar-refractivity contribution in [2.45, 2.75) is 52.0 Å². The summed E-state index contributed by atoms with van der Waals surface area (Å²) in [5.74, 6) is 1.97. The summed E-state index contributed by atoms with van der Waals surface area (Å²) in [7, 11) is 0. The van der Waals surface area contributed by atoms with E-state index in [1.54, 1.807) is 0 Å². The van der Waals surface area contributed by atoms with Crippen LogP contribution in [-0.2, 0) is 0 Å². The Hall–Kier alpha value is -1.05. The quantitative estimate of drug-likeness (QED) is 0.764. The highest BCUT2D eigenvalue weighted by Crippen LogP contribution is 2.25. The molecule has 0 radical (unpaired) electrons. The Labute approximate surface area is 98.5 Å². The third kappa shape index (κ3) is 2.97. The van der Waals surface area contributed by atoms with Gasteiger partial charge in [-0.1, -0.05) is 25.8 Å². The monoisotopic (exact) mass is 218 g/mol. The number of anilines is 1. The molecule has 0 aliphatic heterocycles. The molecule has 1 saturated carbocycles. The second-order valence-corrected chi connectivity index (χ2v) is 5.12. The van der Waals surface area contributed by atoms with Gasteiger partial charge >= 0.3 is 0 Å². The van der Waals surface area contributed by atoms with Gasteiger partial charge in [0.05, 0.1) is 0 Å². The summed E-state index contributed by atoms with van der Waals surface area (Å²) in [5.41, 5.74) is 1.25. The normalized spacial score (nSPS) is 26.1. The van der Waals surface area contributed by atoms with Crippen molar-refractivity contribution >= 4 is 5.82 Å². The third-order valence-corrected chi connectivity index (χ3v) is 3.61. The van der Waals surface area contributed by atoms with Crippen LogP contribution in [0.3, 0.4) is 0 Å². The number of nitrogens with one attached hydrogen (secondary N) is 1. The molecular weight excluding hydrogens is 196 g/mol. The summed E-state index contributed by atoms with van der Waals surface area (Å²) in [6.07, 6.45) is 8.54. The van der Waals surface area contributed by atoms with Crippen LogP contribution in [0.15, 0.2) is 18.3 Å². The maximum absolute atomic E-state index is 4.41. The van der Waals surface area contributed by atoms with Gasteiger partial charge in [0.1, 0.15) is 5.82 Å². The fourth-order valence-electron chi connectivity index (χ4n) is 2.46. The van der Waals surface area contributed by atoms with Crippen LogP contribution in [0.25, 0.3) is 0 Å². The predicted molar refractivity (Wildman–Crippen MR) is 68.6 cm³/mol. The van der Waals surface area contributed by atoms with E-state index in [-0.39, 0.29) is 0 Å². The zero-order chi connectivity index (χ0) is 11.4. The lowest BCUT2D eigenvalue weighted by Crippen LogP contribution is -2.19. The van der Waals surface area contributed by atoms with Crippen LogP contribution in [0.2, 0.25) is 0 Å². The average molecular weight is 218 g/mol. The molecule has 1 aliphatic carbocycles. The van der Waals surface area contributed by atoms with Crippen LogP contribution in [0, 0.1) is 12.8 Å². The minimum Gasteiger partial charge on any atom is -0.367 e. The molecule has 2 nitrogen and oxygen atoms in total. The van der Waals surface area contributed by atoms with E-state index in [1.165, 1.54) is 37.7 Å². The molecule has 88 valence electrons. The molecule has 0 aromatic carbocycles. The highest BCUT2D eigenvalue weighted by atomic mass is 15.0. The van der Waals surface area contributed by atoms with Gasteiger partial charge in [0, 0.05) is 12.2 Å². The third-order valence-electron chi connectivity index (χ3n) is 3.61. The Morgan fingerprint density at radius 2 is 2.12 bits per heavy atom. The van der Waals surface area contributed by atoms with E-state index < -0.39 is 0 Å². The summed E-state index contributed by atoms with van der Waals surface area (Å²) in [4.78, 5) is 4.41. The lowest BCUT2D eigenvalue weighted by Gasteiger charge is -2.18. The van der Waals surface area contributed by atoms with Crippen LogP contribution in [0.1, 0.15) is 44.6 Å². The van der Waals surface area contributed by atoms with Gasteiger partial charge in [-0.15, -0.1) is 0 Å². The first-order valence-electron chi connectivity index (χ1n) is 6.44. The van der Waals surface area contributed by atoms with E-state index in [4.69, 9.17) is 0 Å². The zero-order valence-corrected chi connectivity index (χ0v) is 10.4. The molecular formula is C14H22N2. The molecule has 2 atom stereocenters. The number of nitrogens with zero attached hydrogens (tertiary/aromatic N) is 1. The maximum atomic E-state index is 4.41. The molecule has 16 heavy (non-hydrogen) atoms. The second-order valence-electron chi connectivity index (χ2n) is 5.12. The minimum atomic E-state index is 0.624. The topological polar surface area (TPSA) is 24.9 Å². The Morgan fingerprint density at radius 3 is 2.94 bits per heavy atom. The molecule has 0 amide bonds. The van der Waals surface area contributed by atoms with Crippen LogP contribution in [0.4, 0.5) is 5.82 Å². The molecule has 0 saturated heterocycles. The first kappa shape index (κ1) is 11.4. The Kier molecular flexibility index (Phi) is 3.81. The highest BCUT2D eigenvalue weighted by Gasteiger charge is 2.16. The van der Waals surface area contributed by atoms with E-state index in [9.17, 15) is 0 Å². The lowest BCUT2D eigenvalue weighted by atomic mass is 10.0. The standard InChI is InChI=1S/C14H22N2/c1-11-5-3-7-13(9-8-11)16-14-12(2)6-4-10-15-14/h4,6,10-11,13H,3,5,7-9H2,1-2H3,(H,15,16). The first-order chi connectivity index (χ1) is 7.75. The highest BCUT2D eigenvalue weighted by molar-refractivity contribution is 5.43. The molecule has 2 rings (SSSR count). The molecule has 0 bridgehead atoms. The fourth-order valence-corrected chi connectivity index (χ4v) is 2.46. The number of aryl methyl sites for hydroxylation is 1. The van der Waals surface area contributed by atoms with Gasteiger partial charge in [-0.25, -0.2) is 4.98 Å². The summed E-state index contributed by atoms with van der Waals surface area (Å²) in [5, 5.41) is 3.60. The Bertz CT molecular complexity index is 335. The average Bonchev–Trinajstić information content (AvgIpc) is 2.47. The summed E-state index contributed by atoms with van der Waals surface area (Å²) in [6.45, 7) is 4.49. The molecule has 1 fully saturated rings. The van der Waals surface area contributed by atoms with Gasteiger partial charge in [0.15, 0.2) is 0 Å². The van der Waals surface area contributed by atoms with Crippen LogP contribution in [0.5, 0.6) is 0 Å². The van der Waals surface area contributed by atoms with Gasteiger partial charge in [-0.3, -0.25) is 0 Å². The molecule has 1 N–H and O–H groups in total. The Morgan fingerprint density at radius 1 is 1.25 bits per heavy atom. The SMILES string of the molecule is Cc1cccnc1NC1CCCC(C)CC1. The summed E-state index contributed by atoms with van der Waals surface area (Å²) >= 11 is 0. The summed E-state index contributed by atoms with van der Waals surface area (Å²) < 4.78 is 0. The van der Waals surface area contributed by atoms with Crippen molar-refractivity contribution in [2.75, 3.05) is 5.32 Å². The molecule has 1 aliphatic rings. The maximum Gasteiger partial charge on any atom is 0.129 e. The number of aromatic nitrogens is 1. The van der Waals surface area contributed by atoms with E-state index in [2.05, 4.69) is 30.2 Å². The predicted octanol–water partition coefficient (Wildman–Crippen LogP) is 3.77. The van der Waals surface area contributed by atoms with Crippen molar-refractivity contribution in [3.8, 4) is 0 Å². The van der Waals surface area contributed by atoms with Crippen molar-refractivity contribution in [3.05, 3.63) is 23.9 Å². The lowest BCUT2D eigenvalue weighted by molar-refractivity contribution is 0.502. The fraction of sp³-hybridized carbons (Fsp3) is 0.643. The molecule has 1 heterocycles. The zero-order valence-electron chi connectivity index (χ0n) is 10.4. The Balaban J connectivity index is 1.96. The van der Waals surface area contributed by atoms with Crippen molar-refractivity contribution < 1.29 is 0 Å². The van der Waals surface area contributed by atoms with Crippen molar-refractivity contribution in [1.29, 1.82) is 0 Å². The molecule has 1 aromatic heterocycles. The van der Waals surface area contributed by atoms with Gasteiger partial charge in [-0.2, -0.15) is 0 Å². The van der Waals surface area contributed by atoms with Crippen LogP contribution >= 0.6 is 0 Å². The van der Waals surface area contributed by atoms with E-state index in [0.29, 0.717) is 6.04 Å². The number of hydrogen-bond donors (Lipinski definition) is 1. The van der Waals surface area contributed by atoms with Crippen molar-refractivity contribution in [2.24, 2.45) is 5.92 Å². The molecule has 2 heteroatoms. The van der Waals surface area contributed by atoms with E-state index >= 15 is 0 Å². The largest absolute Gasteiger partial charge is 0.367 e. The van der Waals surface area contributed by atoms with Crippen molar-refractivity contribution in [1.82, 2.24) is 4.98 Å². The smallest absolute Gasteiger partial charge is 0.129 e. The van der Waals surface area contributed by atoms with Gasteiger partial charge < -0.3 is 5.32 Å². The van der Waals surface area contributed by atoms with E-state index in [0.717, 1.165) is 11.7 Å². The number of pyridine rings is 1. The van der Waals surface area contributed by atoms with Crippen LogP contribution < -0.4 is 5.32 Å². The van der Waals surface area contributed by atoms with E-state index in [1.807, 2.05) is 12.3 Å². The molecule has 2 unspecified atom stereocenters. The van der Waals surface area contributed by atoms with Crippen molar-refractivity contribution in [3.63, 3.8) is 0 Å².